The fraction of sp³-hybridized carbons (Fsp3) is 0.818. The van der Waals surface area contributed by atoms with Crippen LogP contribution < -0.4 is 11.1 Å². The van der Waals surface area contributed by atoms with E-state index < -0.39 is 5.91 Å². The summed E-state index contributed by atoms with van der Waals surface area (Å²) >= 11 is 0. The van der Waals surface area contributed by atoms with Crippen LogP contribution in [0.2, 0.25) is 0 Å². The van der Waals surface area contributed by atoms with Crippen molar-refractivity contribution in [2.75, 3.05) is 6.54 Å². The van der Waals surface area contributed by atoms with Crippen LogP contribution in [-0.2, 0) is 9.59 Å². The number of hydrogen-bond acceptors (Lipinski definition) is 2. The van der Waals surface area contributed by atoms with E-state index in [0.717, 1.165) is 19.3 Å². The molecule has 3 N–H and O–H groups in total. The van der Waals surface area contributed by atoms with Gasteiger partial charge in [-0.15, -0.1) is 0 Å². The molecule has 0 bridgehead atoms. The van der Waals surface area contributed by atoms with E-state index in [1.807, 2.05) is 0 Å². The maximum absolute atomic E-state index is 11.8. The molecule has 0 aliphatic heterocycles. The van der Waals surface area contributed by atoms with E-state index in [1.165, 1.54) is 6.42 Å². The molecular weight excluding hydrogens is 192 g/mol. The van der Waals surface area contributed by atoms with E-state index in [4.69, 9.17) is 5.73 Å². The molecule has 0 radical (unpaired) electrons. The Morgan fingerprint density at radius 1 is 1.40 bits per heavy atom. The van der Waals surface area contributed by atoms with Crippen LogP contribution in [0.1, 0.15) is 39.5 Å². The minimum atomic E-state index is -0.489. The lowest BCUT2D eigenvalue weighted by atomic mass is 9.68. The highest BCUT2D eigenvalue weighted by atomic mass is 16.2. The molecule has 0 heterocycles. The van der Waals surface area contributed by atoms with Gasteiger partial charge < -0.3 is 11.1 Å². The monoisotopic (exact) mass is 212 g/mol. The normalized spacial score (nSPS) is 24.5. The smallest absolute Gasteiger partial charge is 0.236 e. The van der Waals surface area contributed by atoms with Gasteiger partial charge in [0.05, 0.1) is 6.54 Å². The van der Waals surface area contributed by atoms with Crippen molar-refractivity contribution in [3.8, 4) is 0 Å². The molecule has 15 heavy (non-hydrogen) atoms. The third kappa shape index (κ3) is 3.22. The number of rotatable bonds is 3. The highest BCUT2D eigenvalue weighted by Crippen LogP contribution is 2.40. The van der Waals surface area contributed by atoms with E-state index in [-0.39, 0.29) is 23.8 Å². The predicted octanol–water partition coefficient (Wildman–Crippen LogP) is 0.804. The molecule has 0 spiro atoms. The van der Waals surface area contributed by atoms with Crippen molar-refractivity contribution in [3.63, 3.8) is 0 Å². The van der Waals surface area contributed by atoms with Gasteiger partial charge in [0.1, 0.15) is 0 Å². The van der Waals surface area contributed by atoms with Gasteiger partial charge in [-0.05, 0) is 18.3 Å². The Labute approximate surface area is 90.6 Å². The lowest BCUT2D eigenvalue weighted by molar-refractivity contribution is -0.132. The average Bonchev–Trinajstić information content (AvgIpc) is 2.13. The molecule has 86 valence electrons. The number of carbonyl (C=O) groups excluding carboxylic acids is 2. The summed E-state index contributed by atoms with van der Waals surface area (Å²) in [5.41, 5.74) is 5.03. The highest BCUT2D eigenvalue weighted by molar-refractivity contribution is 5.85. The van der Waals surface area contributed by atoms with Crippen LogP contribution in [0.15, 0.2) is 0 Å². The molecule has 2 amide bonds. The van der Waals surface area contributed by atoms with Gasteiger partial charge in [-0.2, -0.15) is 0 Å². The zero-order chi connectivity index (χ0) is 11.5. The van der Waals surface area contributed by atoms with Crippen LogP contribution in [0.5, 0.6) is 0 Å². The molecule has 0 aromatic carbocycles. The molecule has 0 aromatic heterocycles. The van der Waals surface area contributed by atoms with Crippen molar-refractivity contribution in [2.24, 2.45) is 17.1 Å². The first-order valence-electron chi connectivity index (χ1n) is 5.49. The summed E-state index contributed by atoms with van der Waals surface area (Å²) in [7, 11) is 0. The largest absolute Gasteiger partial charge is 0.368 e. The minimum absolute atomic E-state index is 0.0191. The van der Waals surface area contributed by atoms with Crippen LogP contribution in [0, 0.1) is 11.3 Å². The van der Waals surface area contributed by atoms with Crippen LogP contribution in [0.25, 0.3) is 0 Å². The molecule has 0 aromatic rings. The molecule has 4 nitrogen and oxygen atoms in total. The number of primary amides is 1. The lowest BCUT2D eigenvalue weighted by Crippen LogP contribution is -2.43. The molecule has 1 unspecified atom stereocenters. The minimum Gasteiger partial charge on any atom is -0.368 e. The van der Waals surface area contributed by atoms with Crippen molar-refractivity contribution in [1.82, 2.24) is 5.32 Å². The summed E-state index contributed by atoms with van der Waals surface area (Å²) in [6, 6.07) is 0. The summed E-state index contributed by atoms with van der Waals surface area (Å²) in [5, 5.41) is 2.59. The maximum atomic E-state index is 11.8. The topological polar surface area (TPSA) is 72.2 Å². The zero-order valence-corrected chi connectivity index (χ0v) is 9.51. The van der Waals surface area contributed by atoms with Gasteiger partial charge in [-0.3, -0.25) is 9.59 Å². The lowest BCUT2D eigenvalue weighted by Gasteiger charge is -2.37. The van der Waals surface area contributed by atoms with Crippen LogP contribution >= 0.6 is 0 Å². The van der Waals surface area contributed by atoms with Crippen LogP contribution in [0.3, 0.4) is 0 Å². The zero-order valence-electron chi connectivity index (χ0n) is 9.51. The van der Waals surface area contributed by atoms with E-state index >= 15 is 0 Å². The third-order valence-electron chi connectivity index (χ3n) is 3.26. The van der Waals surface area contributed by atoms with Crippen molar-refractivity contribution < 1.29 is 9.59 Å². The summed E-state index contributed by atoms with van der Waals surface area (Å²) in [5.74, 6) is -0.499. The first-order chi connectivity index (χ1) is 6.93. The molecule has 1 aliphatic carbocycles. The van der Waals surface area contributed by atoms with E-state index in [9.17, 15) is 9.59 Å². The van der Waals surface area contributed by atoms with Crippen molar-refractivity contribution >= 4 is 11.8 Å². The van der Waals surface area contributed by atoms with Gasteiger partial charge in [0.15, 0.2) is 0 Å². The second kappa shape index (κ2) is 4.64. The van der Waals surface area contributed by atoms with Gasteiger partial charge in [0.2, 0.25) is 11.8 Å². The first kappa shape index (κ1) is 12.0. The highest BCUT2D eigenvalue weighted by Gasteiger charge is 2.36. The predicted molar refractivity (Wildman–Crippen MR) is 57.9 cm³/mol. The summed E-state index contributed by atoms with van der Waals surface area (Å²) in [4.78, 5) is 22.4. The molecule has 1 rings (SSSR count). The first-order valence-corrected chi connectivity index (χ1v) is 5.49. The Balaban J connectivity index is 2.53. The molecular formula is C11H20N2O2. The van der Waals surface area contributed by atoms with Gasteiger partial charge in [-0.1, -0.05) is 26.7 Å². The summed E-state index contributed by atoms with van der Waals surface area (Å²) < 4.78 is 0. The summed E-state index contributed by atoms with van der Waals surface area (Å²) in [6.45, 7) is 4.17. The number of amides is 2. The molecule has 1 aliphatic rings. The number of carbonyl (C=O) groups is 2. The number of hydrogen-bond donors (Lipinski definition) is 2. The quantitative estimate of drug-likeness (QED) is 0.726. The Hall–Kier alpha value is -1.06. The SMILES string of the molecule is CC1(C)CCCCC1C(=O)NCC(N)=O. The van der Waals surface area contributed by atoms with Gasteiger partial charge in [0, 0.05) is 5.92 Å². The number of nitrogens with one attached hydrogen (secondary N) is 1. The van der Waals surface area contributed by atoms with Crippen LogP contribution in [0.4, 0.5) is 0 Å². The second-order valence-corrected chi connectivity index (χ2v) is 4.97. The van der Waals surface area contributed by atoms with E-state index in [1.54, 1.807) is 0 Å². The Kier molecular flexibility index (Phi) is 3.72. The average molecular weight is 212 g/mol. The standard InChI is InChI=1S/C11H20N2O2/c1-11(2)6-4-3-5-8(11)10(15)13-7-9(12)14/h8H,3-7H2,1-2H3,(H2,12,14)(H,13,15). The fourth-order valence-corrected chi connectivity index (χ4v) is 2.28. The second-order valence-electron chi connectivity index (χ2n) is 4.97. The molecule has 1 saturated carbocycles. The van der Waals surface area contributed by atoms with Crippen molar-refractivity contribution in [3.05, 3.63) is 0 Å². The molecule has 0 saturated heterocycles. The van der Waals surface area contributed by atoms with Gasteiger partial charge >= 0.3 is 0 Å². The maximum Gasteiger partial charge on any atom is 0.236 e. The number of nitrogens with two attached hydrogens (primary N) is 1. The van der Waals surface area contributed by atoms with Crippen LogP contribution in [-0.4, -0.2) is 18.4 Å². The van der Waals surface area contributed by atoms with Gasteiger partial charge in [-0.25, -0.2) is 0 Å². The van der Waals surface area contributed by atoms with Crippen molar-refractivity contribution in [2.45, 2.75) is 39.5 Å². The Bertz CT molecular complexity index is 261. The van der Waals surface area contributed by atoms with E-state index in [2.05, 4.69) is 19.2 Å². The molecule has 4 heteroatoms. The van der Waals surface area contributed by atoms with E-state index in [0.29, 0.717) is 0 Å². The van der Waals surface area contributed by atoms with Gasteiger partial charge in [0.25, 0.3) is 0 Å². The Morgan fingerprint density at radius 2 is 2.07 bits per heavy atom. The Morgan fingerprint density at radius 3 is 2.60 bits per heavy atom. The fourth-order valence-electron chi connectivity index (χ4n) is 2.28. The molecule has 1 atom stereocenters. The molecule has 1 fully saturated rings. The summed E-state index contributed by atoms with van der Waals surface area (Å²) in [6.07, 6.45) is 4.27. The van der Waals surface area contributed by atoms with Crippen molar-refractivity contribution in [1.29, 1.82) is 0 Å². The third-order valence-corrected chi connectivity index (χ3v) is 3.26.